The Bertz CT molecular complexity index is 1010. The highest BCUT2D eigenvalue weighted by atomic mass is 35.5. The summed E-state index contributed by atoms with van der Waals surface area (Å²) in [6.45, 7) is 0. The van der Waals surface area contributed by atoms with E-state index in [0.29, 0.717) is 16.5 Å². The molecule has 0 saturated heterocycles. The average Bonchev–Trinajstić information content (AvgIpc) is 2.73. The number of nitrogens with zero attached hydrogens (tertiary/aromatic N) is 1. The van der Waals surface area contributed by atoms with Gasteiger partial charge in [-0.15, -0.1) is 11.8 Å². The second-order valence-electron chi connectivity index (χ2n) is 5.96. The number of nitrogens with one attached hydrogen (secondary N) is 2. The highest BCUT2D eigenvalue weighted by molar-refractivity contribution is 8.00. The Labute approximate surface area is 178 Å². The fourth-order valence-electron chi connectivity index (χ4n) is 2.36. The van der Waals surface area contributed by atoms with Crippen LogP contribution in [0.1, 0.15) is 5.56 Å². The van der Waals surface area contributed by atoms with Crippen LogP contribution in [0.3, 0.4) is 0 Å². The number of hydrogen-bond donors (Lipinski definition) is 2. The molecule has 2 aromatic carbocycles. The molecule has 0 aliphatic heterocycles. The molecule has 0 fully saturated rings. The van der Waals surface area contributed by atoms with Crippen molar-refractivity contribution in [1.29, 1.82) is 0 Å². The molecule has 7 heteroatoms. The molecule has 1 heterocycles. The first-order valence-corrected chi connectivity index (χ1v) is 10.1. The lowest BCUT2D eigenvalue weighted by atomic mass is 10.2. The first-order chi connectivity index (χ1) is 14.1. The number of carbonyl (C=O) groups excluding carboxylic acids is 2. The van der Waals surface area contributed by atoms with E-state index in [1.54, 1.807) is 24.3 Å². The van der Waals surface area contributed by atoms with Crippen molar-refractivity contribution in [2.24, 2.45) is 0 Å². The Morgan fingerprint density at radius 2 is 1.83 bits per heavy atom. The van der Waals surface area contributed by atoms with Crippen LogP contribution in [0.5, 0.6) is 0 Å². The summed E-state index contributed by atoms with van der Waals surface area (Å²) in [4.78, 5) is 29.1. The fraction of sp³-hybridized carbons (Fsp3) is 0.0455. The molecule has 0 spiro atoms. The maximum Gasteiger partial charge on any atom is 0.248 e. The van der Waals surface area contributed by atoms with E-state index < -0.39 is 0 Å². The number of rotatable bonds is 7. The molecule has 3 aromatic rings. The first-order valence-electron chi connectivity index (χ1n) is 8.77. The summed E-state index contributed by atoms with van der Waals surface area (Å²) < 4.78 is 0. The van der Waals surface area contributed by atoms with Gasteiger partial charge in [-0.25, -0.2) is 4.98 Å². The molecule has 0 atom stereocenters. The Kier molecular flexibility index (Phi) is 7.44. The van der Waals surface area contributed by atoms with Crippen LogP contribution in [-0.2, 0) is 9.59 Å². The number of carbonyl (C=O) groups is 2. The van der Waals surface area contributed by atoms with E-state index in [-0.39, 0.29) is 17.6 Å². The zero-order chi connectivity index (χ0) is 20.5. The molecule has 29 heavy (non-hydrogen) atoms. The molecule has 0 aliphatic rings. The molecular weight excluding hydrogens is 406 g/mol. The molecule has 5 nitrogen and oxygen atoms in total. The predicted octanol–water partition coefficient (Wildman–Crippen LogP) is 5.12. The number of thioether (sulfide) groups is 1. The molecule has 2 amide bonds. The molecule has 0 saturated carbocycles. The van der Waals surface area contributed by atoms with E-state index in [1.165, 1.54) is 24.0 Å². The Hall–Kier alpha value is -3.09. The minimum atomic E-state index is -0.220. The van der Waals surface area contributed by atoms with Gasteiger partial charge in [0.25, 0.3) is 0 Å². The Morgan fingerprint density at radius 3 is 2.59 bits per heavy atom. The van der Waals surface area contributed by atoms with Crippen LogP contribution < -0.4 is 10.6 Å². The lowest BCUT2D eigenvalue weighted by molar-refractivity contribution is -0.114. The molecule has 1 aromatic heterocycles. The van der Waals surface area contributed by atoms with Crippen LogP contribution in [-0.4, -0.2) is 22.6 Å². The molecular formula is C22H18ClN3O2S. The van der Waals surface area contributed by atoms with Gasteiger partial charge < -0.3 is 10.6 Å². The fourth-order valence-corrected chi connectivity index (χ4v) is 3.23. The van der Waals surface area contributed by atoms with Crippen molar-refractivity contribution in [2.45, 2.75) is 4.90 Å². The lowest BCUT2D eigenvalue weighted by Gasteiger charge is -2.07. The maximum absolute atomic E-state index is 12.1. The van der Waals surface area contributed by atoms with E-state index in [2.05, 4.69) is 15.6 Å². The summed E-state index contributed by atoms with van der Waals surface area (Å²) in [6, 6.07) is 20.2. The third-order valence-electron chi connectivity index (χ3n) is 3.69. The van der Waals surface area contributed by atoms with Crippen molar-refractivity contribution in [3.8, 4) is 0 Å². The number of anilines is 2. The number of aromatic nitrogens is 1. The number of amides is 2. The third kappa shape index (κ3) is 7.10. The van der Waals surface area contributed by atoms with Gasteiger partial charge in [-0.05, 0) is 42.0 Å². The third-order valence-corrected chi connectivity index (χ3v) is 4.91. The Balaban J connectivity index is 1.51. The zero-order valence-electron chi connectivity index (χ0n) is 15.3. The van der Waals surface area contributed by atoms with Gasteiger partial charge in [-0.3, -0.25) is 9.59 Å². The monoisotopic (exact) mass is 423 g/mol. The summed E-state index contributed by atoms with van der Waals surface area (Å²) in [7, 11) is 0. The van der Waals surface area contributed by atoms with Crippen LogP contribution >= 0.6 is 23.4 Å². The number of benzene rings is 2. The van der Waals surface area contributed by atoms with Gasteiger partial charge in [0.15, 0.2) is 0 Å². The zero-order valence-corrected chi connectivity index (χ0v) is 16.9. The van der Waals surface area contributed by atoms with Crippen LogP contribution in [0.25, 0.3) is 6.08 Å². The van der Waals surface area contributed by atoms with Crippen molar-refractivity contribution in [3.05, 3.63) is 89.6 Å². The second kappa shape index (κ2) is 10.5. The van der Waals surface area contributed by atoms with Crippen LogP contribution in [0.2, 0.25) is 5.02 Å². The average molecular weight is 424 g/mol. The standard InChI is InChI=1S/C22H18ClN3O2S/c23-17-10-11-20(24-14-17)26-22(28)15-29-19-8-4-7-18(13-19)25-21(27)12-9-16-5-2-1-3-6-16/h1-14H,15H2,(H,25,27)(H,24,26,28)/b12-9+. The van der Waals surface area contributed by atoms with Crippen LogP contribution in [0.15, 0.2) is 83.9 Å². The molecule has 0 bridgehead atoms. The predicted molar refractivity (Wildman–Crippen MR) is 119 cm³/mol. The first kappa shape index (κ1) is 20.6. The van der Waals surface area contributed by atoms with Gasteiger partial charge in [0.05, 0.1) is 10.8 Å². The topological polar surface area (TPSA) is 71.1 Å². The van der Waals surface area contributed by atoms with Gasteiger partial charge in [-0.1, -0.05) is 48.0 Å². The number of pyridine rings is 1. The number of halogens is 1. The summed E-state index contributed by atoms with van der Waals surface area (Å²) in [5, 5.41) is 6.04. The highest BCUT2D eigenvalue weighted by Gasteiger charge is 2.06. The second-order valence-corrected chi connectivity index (χ2v) is 7.44. The van der Waals surface area contributed by atoms with Crippen LogP contribution in [0.4, 0.5) is 11.5 Å². The smallest absolute Gasteiger partial charge is 0.248 e. The lowest BCUT2D eigenvalue weighted by Crippen LogP contribution is -2.14. The van der Waals surface area contributed by atoms with Gasteiger partial charge in [0, 0.05) is 22.9 Å². The van der Waals surface area contributed by atoms with E-state index in [9.17, 15) is 9.59 Å². The molecule has 0 radical (unpaired) electrons. The van der Waals surface area contributed by atoms with Crippen molar-refractivity contribution in [3.63, 3.8) is 0 Å². The summed E-state index contributed by atoms with van der Waals surface area (Å²) >= 11 is 7.14. The molecule has 0 unspecified atom stereocenters. The Morgan fingerprint density at radius 1 is 1.00 bits per heavy atom. The van der Waals surface area contributed by atoms with Crippen LogP contribution in [0, 0.1) is 0 Å². The van der Waals surface area contributed by atoms with E-state index in [0.717, 1.165) is 10.5 Å². The molecule has 0 aliphatic carbocycles. The molecule has 3 rings (SSSR count). The quantitative estimate of drug-likeness (QED) is 0.409. The van der Waals surface area contributed by atoms with Gasteiger partial charge in [0.1, 0.15) is 5.82 Å². The minimum absolute atomic E-state index is 0.176. The highest BCUT2D eigenvalue weighted by Crippen LogP contribution is 2.22. The molecule has 146 valence electrons. The van der Waals surface area contributed by atoms with Crippen molar-refractivity contribution in [2.75, 3.05) is 16.4 Å². The van der Waals surface area contributed by atoms with Gasteiger partial charge in [-0.2, -0.15) is 0 Å². The normalized spacial score (nSPS) is 10.7. The number of hydrogen-bond acceptors (Lipinski definition) is 4. The summed E-state index contributed by atoms with van der Waals surface area (Å²) in [5.41, 5.74) is 1.62. The van der Waals surface area contributed by atoms with Gasteiger partial charge in [0.2, 0.25) is 11.8 Å². The summed E-state index contributed by atoms with van der Waals surface area (Å²) in [6.07, 6.45) is 4.72. The largest absolute Gasteiger partial charge is 0.322 e. The van der Waals surface area contributed by atoms with E-state index in [4.69, 9.17) is 11.6 Å². The summed E-state index contributed by atoms with van der Waals surface area (Å²) in [5.74, 6) is 0.272. The van der Waals surface area contributed by atoms with Gasteiger partial charge >= 0.3 is 0 Å². The van der Waals surface area contributed by atoms with E-state index in [1.807, 2.05) is 48.5 Å². The van der Waals surface area contributed by atoms with E-state index >= 15 is 0 Å². The minimum Gasteiger partial charge on any atom is -0.322 e. The van der Waals surface area contributed by atoms with Crippen molar-refractivity contribution in [1.82, 2.24) is 4.98 Å². The van der Waals surface area contributed by atoms with Crippen molar-refractivity contribution < 1.29 is 9.59 Å². The van der Waals surface area contributed by atoms with Crippen molar-refractivity contribution >= 4 is 52.8 Å². The molecule has 2 N–H and O–H groups in total. The SMILES string of the molecule is O=C(/C=C/c1ccccc1)Nc1cccc(SCC(=O)Nc2ccc(Cl)cn2)c1. The maximum atomic E-state index is 12.1.